The van der Waals surface area contributed by atoms with Crippen LogP contribution in [-0.2, 0) is 38.6 Å². The highest BCUT2D eigenvalue weighted by atomic mass is 35.5. The van der Waals surface area contributed by atoms with Crippen molar-refractivity contribution >= 4 is 38.3 Å². The number of esters is 1. The van der Waals surface area contributed by atoms with Crippen LogP contribution in [0.3, 0.4) is 0 Å². The number of carbonyl (C=O) groups is 1. The molecule has 4 aromatic rings. The zero-order chi connectivity index (χ0) is 29.4. The minimum atomic E-state index is -3.40. The van der Waals surface area contributed by atoms with Crippen molar-refractivity contribution in [3.05, 3.63) is 82.3 Å². The van der Waals surface area contributed by atoms with Gasteiger partial charge in [0.1, 0.15) is 17.2 Å². The second-order valence-corrected chi connectivity index (χ2v) is 13.4. The molecule has 0 saturated carbocycles. The number of hydrogen-bond acceptors (Lipinski definition) is 6. The minimum Gasteiger partial charge on any atom is -0.460 e. The van der Waals surface area contributed by atoms with Gasteiger partial charge in [-0.1, -0.05) is 23.7 Å². The fourth-order valence-corrected chi connectivity index (χ4v) is 5.82. The summed E-state index contributed by atoms with van der Waals surface area (Å²) in [5, 5.41) is 5.29. The van der Waals surface area contributed by atoms with E-state index in [2.05, 4.69) is 10.1 Å². The monoisotopic (exact) mass is 589 g/mol. The molecule has 2 aromatic heterocycles. The molecule has 212 valence electrons. The molecular weight excluding hydrogens is 560 g/mol. The first-order valence-corrected chi connectivity index (χ1v) is 15.0. The van der Waals surface area contributed by atoms with E-state index in [1.54, 1.807) is 56.9 Å². The van der Waals surface area contributed by atoms with Crippen molar-refractivity contribution < 1.29 is 26.7 Å². The van der Waals surface area contributed by atoms with Gasteiger partial charge in [0.2, 0.25) is 0 Å². The normalized spacial score (nSPS) is 13.0. The second-order valence-electron chi connectivity index (χ2n) is 10.9. The zero-order valence-electron chi connectivity index (χ0n) is 22.8. The Kier molecular flexibility index (Phi) is 8.33. The Balaban J connectivity index is 1.89. The summed E-state index contributed by atoms with van der Waals surface area (Å²) in [4.78, 5) is 17.6. The first-order valence-electron chi connectivity index (χ1n) is 12.5. The Labute approximate surface area is 237 Å². The molecule has 0 amide bonds. The van der Waals surface area contributed by atoms with Crippen LogP contribution < -0.4 is 0 Å². The van der Waals surface area contributed by atoms with E-state index < -0.39 is 39.0 Å². The van der Waals surface area contributed by atoms with Crippen LogP contribution >= 0.6 is 11.6 Å². The predicted octanol–water partition coefficient (Wildman–Crippen LogP) is 6.17. The number of ether oxygens (including phenoxy) is 1. The van der Waals surface area contributed by atoms with E-state index in [-0.39, 0.29) is 18.6 Å². The lowest BCUT2D eigenvalue weighted by atomic mass is 9.87. The Morgan fingerprint density at radius 3 is 2.40 bits per heavy atom. The molecule has 2 heterocycles. The van der Waals surface area contributed by atoms with Gasteiger partial charge in [0.25, 0.3) is 0 Å². The van der Waals surface area contributed by atoms with Gasteiger partial charge in [-0.2, -0.15) is 5.10 Å². The Morgan fingerprint density at radius 2 is 1.77 bits per heavy atom. The van der Waals surface area contributed by atoms with Crippen LogP contribution in [0.15, 0.2) is 48.7 Å². The lowest BCUT2D eigenvalue weighted by Crippen LogP contribution is -2.25. The number of carbonyl (C=O) groups excluding carboxylic acids is 1. The predicted molar refractivity (Wildman–Crippen MR) is 151 cm³/mol. The summed E-state index contributed by atoms with van der Waals surface area (Å²) in [6.45, 7) is 5.28. The molecule has 0 radical (unpaired) electrons. The highest BCUT2D eigenvalue weighted by Crippen LogP contribution is 2.39. The maximum atomic E-state index is 14.1. The Bertz CT molecular complexity index is 1680. The number of aromatic nitrogens is 3. The highest BCUT2D eigenvalue weighted by Gasteiger charge is 2.27. The third-order valence-corrected chi connectivity index (χ3v) is 7.27. The fourth-order valence-electron chi connectivity index (χ4n) is 4.86. The fraction of sp³-hybridized carbons (Fsp3) is 0.345. The van der Waals surface area contributed by atoms with Crippen LogP contribution in [0.5, 0.6) is 0 Å². The lowest BCUT2D eigenvalue weighted by molar-refractivity contribution is -0.155. The minimum absolute atomic E-state index is 0.0964. The van der Waals surface area contributed by atoms with Crippen molar-refractivity contribution in [2.75, 3.05) is 6.26 Å². The third-order valence-electron chi connectivity index (χ3n) is 6.16. The molecule has 0 aliphatic carbocycles. The Hall–Kier alpha value is -3.37. The molecule has 1 atom stereocenters. The largest absolute Gasteiger partial charge is 0.460 e. The van der Waals surface area contributed by atoms with Gasteiger partial charge in [0.05, 0.1) is 34.1 Å². The number of pyridine rings is 1. The van der Waals surface area contributed by atoms with Gasteiger partial charge in [0, 0.05) is 48.0 Å². The smallest absolute Gasteiger partial charge is 0.306 e. The number of nitrogens with zero attached hydrogens (tertiary/aromatic N) is 3. The van der Waals surface area contributed by atoms with E-state index in [1.807, 2.05) is 6.07 Å². The maximum Gasteiger partial charge on any atom is 0.306 e. The van der Waals surface area contributed by atoms with Gasteiger partial charge in [-0.25, -0.2) is 17.2 Å². The molecular formula is C29H30ClF2N3O4S. The van der Waals surface area contributed by atoms with E-state index in [0.29, 0.717) is 44.0 Å². The summed E-state index contributed by atoms with van der Waals surface area (Å²) in [6.07, 6.45) is 2.72. The van der Waals surface area contributed by atoms with Crippen LogP contribution in [0.2, 0.25) is 5.02 Å². The van der Waals surface area contributed by atoms with E-state index in [1.165, 1.54) is 12.1 Å². The summed E-state index contributed by atoms with van der Waals surface area (Å²) >= 11 is 6.54. The SMILES string of the molecule is Cn1nc(CS(C)(=O)=O)c2c(Cl)ccc(-c3cccnc3[C@@H](CC(=O)OC(C)(C)C)Cc3cc(F)cc(F)c3)c21. The molecule has 2 aromatic carbocycles. The quantitative estimate of drug-likeness (QED) is 0.228. The van der Waals surface area contributed by atoms with Gasteiger partial charge in [-0.3, -0.25) is 14.5 Å². The number of benzene rings is 2. The van der Waals surface area contributed by atoms with E-state index >= 15 is 0 Å². The van der Waals surface area contributed by atoms with Crippen molar-refractivity contribution in [3.63, 3.8) is 0 Å². The summed E-state index contributed by atoms with van der Waals surface area (Å²) < 4.78 is 59.5. The molecule has 0 N–H and O–H groups in total. The van der Waals surface area contributed by atoms with Gasteiger partial charge in [-0.15, -0.1) is 0 Å². The van der Waals surface area contributed by atoms with Crippen molar-refractivity contribution in [1.29, 1.82) is 0 Å². The highest BCUT2D eigenvalue weighted by molar-refractivity contribution is 7.89. The molecule has 7 nitrogen and oxygen atoms in total. The molecule has 0 bridgehead atoms. The lowest BCUT2D eigenvalue weighted by Gasteiger charge is -2.24. The van der Waals surface area contributed by atoms with Crippen LogP contribution in [-0.4, -0.2) is 41.0 Å². The van der Waals surface area contributed by atoms with Crippen molar-refractivity contribution in [1.82, 2.24) is 14.8 Å². The molecule has 0 fully saturated rings. The molecule has 0 unspecified atom stereocenters. The standard InChI is InChI=1S/C29H30ClF2N3O4S/c1-29(2,3)39-25(36)14-18(11-17-12-19(31)15-20(32)13-17)27-21(7-6-10-33-27)22-8-9-23(30)26-24(16-40(5,37)38)34-35(4)28(22)26/h6-10,12-13,15,18H,11,14,16H2,1-5H3/t18-/m1/s1. The summed E-state index contributed by atoms with van der Waals surface area (Å²) in [5.74, 6) is -2.83. The number of hydrogen-bond donors (Lipinski definition) is 0. The van der Waals surface area contributed by atoms with Gasteiger partial charge < -0.3 is 4.74 Å². The number of fused-ring (bicyclic) bond motifs is 1. The van der Waals surface area contributed by atoms with Crippen LogP contribution in [0.1, 0.15) is 50.1 Å². The summed E-state index contributed by atoms with van der Waals surface area (Å²) in [7, 11) is -1.71. The summed E-state index contributed by atoms with van der Waals surface area (Å²) in [5.41, 5.74) is 2.35. The van der Waals surface area contributed by atoms with Crippen molar-refractivity contribution in [3.8, 4) is 11.1 Å². The zero-order valence-corrected chi connectivity index (χ0v) is 24.4. The van der Waals surface area contributed by atoms with E-state index in [4.69, 9.17) is 16.3 Å². The topological polar surface area (TPSA) is 91.1 Å². The maximum absolute atomic E-state index is 14.1. The van der Waals surface area contributed by atoms with Gasteiger partial charge in [-0.05, 0) is 57.0 Å². The number of aryl methyl sites for hydroxylation is 1. The Morgan fingerprint density at radius 1 is 1.10 bits per heavy atom. The average molecular weight is 590 g/mol. The first kappa shape index (κ1) is 29.6. The average Bonchev–Trinajstić information content (AvgIpc) is 3.12. The van der Waals surface area contributed by atoms with Crippen LogP contribution in [0.25, 0.3) is 22.0 Å². The second kappa shape index (κ2) is 11.2. The molecule has 11 heteroatoms. The van der Waals surface area contributed by atoms with E-state index in [0.717, 1.165) is 12.3 Å². The number of rotatable bonds is 8. The molecule has 0 aliphatic heterocycles. The third kappa shape index (κ3) is 7.03. The summed E-state index contributed by atoms with van der Waals surface area (Å²) in [6, 6.07) is 10.2. The van der Waals surface area contributed by atoms with Gasteiger partial charge >= 0.3 is 5.97 Å². The molecule has 4 rings (SSSR count). The van der Waals surface area contributed by atoms with Crippen molar-refractivity contribution in [2.24, 2.45) is 7.05 Å². The molecule has 0 spiro atoms. The molecule has 0 saturated heterocycles. The van der Waals surface area contributed by atoms with Crippen molar-refractivity contribution in [2.45, 2.75) is 50.9 Å². The first-order chi connectivity index (χ1) is 18.6. The van der Waals surface area contributed by atoms with Crippen LogP contribution in [0.4, 0.5) is 8.78 Å². The number of halogens is 3. The molecule has 40 heavy (non-hydrogen) atoms. The number of sulfone groups is 1. The van der Waals surface area contributed by atoms with E-state index in [9.17, 15) is 22.0 Å². The van der Waals surface area contributed by atoms with Crippen LogP contribution in [0, 0.1) is 11.6 Å². The van der Waals surface area contributed by atoms with Gasteiger partial charge in [0.15, 0.2) is 9.84 Å². The molecule has 0 aliphatic rings.